The molecule has 0 unspecified atom stereocenters. The lowest BCUT2D eigenvalue weighted by Crippen LogP contribution is -2.50. The highest BCUT2D eigenvalue weighted by Gasteiger charge is 2.37. The molecule has 1 aromatic carbocycles. The monoisotopic (exact) mass is 424 g/mol. The first-order valence-electron chi connectivity index (χ1n) is 9.18. The maximum Gasteiger partial charge on any atom is 0.274 e. The minimum atomic E-state index is -0.922. The molecule has 1 amide bonds. The fraction of sp³-hybridized carbons (Fsp3) is 0.190. The number of benzene rings is 1. The smallest absolute Gasteiger partial charge is 0.274 e. The Morgan fingerprint density at radius 1 is 1.27 bits per heavy atom. The summed E-state index contributed by atoms with van der Waals surface area (Å²) in [6, 6.07) is 7.40. The van der Waals surface area contributed by atoms with Crippen LogP contribution in [0.3, 0.4) is 0 Å². The molecule has 7 nitrogen and oxygen atoms in total. The van der Waals surface area contributed by atoms with Gasteiger partial charge in [0, 0.05) is 30.1 Å². The fourth-order valence-electron chi connectivity index (χ4n) is 3.48. The summed E-state index contributed by atoms with van der Waals surface area (Å²) in [6.07, 6.45) is 3.34. The zero-order valence-corrected chi connectivity index (χ0v) is 17.0. The summed E-state index contributed by atoms with van der Waals surface area (Å²) in [7, 11) is 0. The van der Waals surface area contributed by atoms with E-state index >= 15 is 0 Å². The zero-order chi connectivity index (χ0) is 21.5. The molecule has 2 aromatic heterocycles. The molecule has 3 N–H and O–H groups in total. The van der Waals surface area contributed by atoms with Gasteiger partial charge in [0.15, 0.2) is 0 Å². The number of rotatable bonds is 3. The van der Waals surface area contributed by atoms with Crippen molar-refractivity contribution in [3.63, 3.8) is 0 Å². The van der Waals surface area contributed by atoms with E-state index in [-0.39, 0.29) is 11.5 Å². The Kier molecular flexibility index (Phi) is 4.95. The SMILES string of the molecule is Cc1ncc2c(n1)C[C@@](C)(c1cc(NC(=O)c3ccc(Cl)cn3)ccc1F)NC2=N. The van der Waals surface area contributed by atoms with E-state index in [1.54, 1.807) is 32.2 Å². The number of hydrogen-bond acceptors (Lipinski definition) is 5. The number of aromatic nitrogens is 3. The van der Waals surface area contributed by atoms with E-state index in [1.165, 1.54) is 24.4 Å². The van der Waals surface area contributed by atoms with Gasteiger partial charge in [-0.2, -0.15) is 0 Å². The molecule has 4 rings (SSSR count). The third-order valence-corrected chi connectivity index (χ3v) is 5.18. The molecule has 1 aliphatic heterocycles. The normalized spacial score (nSPS) is 17.8. The minimum absolute atomic E-state index is 0.123. The average Bonchev–Trinajstić information content (AvgIpc) is 2.69. The molecule has 1 atom stereocenters. The second-order valence-electron chi connectivity index (χ2n) is 7.30. The molecule has 0 radical (unpaired) electrons. The number of pyridine rings is 1. The van der Waals surface area contributed by atoms with E-state index in [1.807, 2.05) is 0 Å². The highest BCUT2D eigenvalue weighted by molar-refractivity contribution is 6.30. The summed E-state index contributed by atoms with van der Waals surface area (Å²) in [5, 5.41) is 14.5. The number of nitrogens with zero attached hydrogens (tertiary/aromatic N) is 3. The molecular weight excluding hydrogens is 407 g/mol. The van der Waals surface area contributed by atoms with E-state index in [0.29, 0.717) is 39.8 Å². The van der Waals surface area contributed by atoms with Gasteiger partial charge in [-0.1, -0.05) is 11.6 Å². The van der Waals surface area contributed by atoms with Crippen molar-refractivity contribution >= 4 is 29.0 Å². The standard InChI is InChI=1S/C21H18ClFN6O/c1-11-25-10-14-18(27-11)8-21(2,29-19(14)24)15-7-13(4-5-16(15)23)28-20(30)17-6-3-12(22)9-26-17/h3-7,9-10H,8H2,1-2H3,(H2,24,29)(H,28,30)/t21-/m0/s1. The first kappa shape index (κ1) is 19.9. The van der Waals surface area contributed by atoms with Crippen molar-refractivity contribution in [1.29, 1.82) is 5.41 Å². The van der Waals surface area contributed by atoms with Crippen LogP contribution in [0.25, 0.3) is 0 Å². The van der Waals surface area contributed by atoms with Gasteiger partial charge < -0.3 is 10.6 Å². The van der Waals surface area contributed by atoms with Crippen LogP contribution >= 0.6 is 11.6 Å². The first-order chi connectivity index (χ1) is 14.2. The summed E-state index contributed by atoms with van der Waals surface area (Å²) in [5.74, 6) is -0.178. The Morgan fingerprint density at radius 2 is 2.07 bits per heavy atom. The van der Waals surface area contributed by atoms with E-state index in [2.05, 4.69) is 25.6 Å². The Hall–Kier alpha value is -3.39. The van der Waals surface area contributed by atoms with Gasteiger partial charge in [-0.05, 0) is 44.2 Å². The second-order valence-corrected chi connectivity index (χ2v) is 7.73. The largest absolute Gasteiger partial charge is 0.360 e. The van der Waals surface area contributed by atoms with Crippen LogP contribution in [0.5, 0.6) is 0 Å². The Morgan fingerprint density at radius 3 is 2.80 bits per heavy atom. The Bertz CT molecular complexity index is 1170. The summed E-state index contributed by atoms with van der Waals surface area (Å²) in [5.41, 5.74) is 1.26. The topological polar surface area (TPSA) is 104 Å². The molecule has 0 saturated carbocycles. The number of carbonyl (C=O) groups excluding carboxylic acids is 1. The number of fused-ring (bicyclic) bond motifs is 1. The highest BCUT2D eigenvalue weighted by atomic mass is 35.5. The molecule has 0 fully saturated rings. The Balaban J connectivity index is 1.65. The third-order valence-electron chi connectivity index (χ3n) is 4.96. The molecule has 0 spiro atoms. The zero-order valence-electron chi connectivity index (χ0n) is 16.3. The maximum absolute atomic E-state index is 14.8. The molecule has 1 aliphatic rings. The molecule has 9 heteroatoms. The number of aryl methyl sites for hydroxylation is 1. The average molecular weight is 425 g/mol. The van der Waals surface area contributed by atoms with Crippen molar-refractivity contribution in [1.82, 2.24) is 20.3 Å². The lowest BCUT2D eigenvalue weighted by Gasteiger charge is -2.37. The first-order valence-corrected chi connectivity index (χ1v) is 9.55. The molecule has 0 saturated heterocycles. The minimum Gasteiger partial charge on any atom is -0.360 e. The van der Waals surface area contributed by atoms with Crippen molar-refractivity contribution in [3.05, 3.63) is 81.9 Å². The number of carbonyl (C=O) groups is 1. The molecule has 30 heavy (non-hydrogen) atoms. The summed E-state index contributed by atoms with van der Waals surface area (Å²) in [4.78, 5) is 25.0. The summed E-state index contributed by atoms with van der Waals surface area (Å²) >= 11 is 5.80. The third kappa shape index (κ3) is 3.73. The molecule has 3 heterocycles. The second kappa shape index (κ2) is 7.46. The van der Waals surface area contributed by atoms with Gasteiger partial charge in [0.05, 0.1) is 21.8 Å². The molecule has 0 aliphatic carbocycles. The van der Waals surface area contributed by atoms with Crippen molar-refractivity contribution in [3.8, 4) is 0 Å². The van der Waals surface area contributed by atoms with Crippen LogP contribution < -0.4 is 10.6 Å². The molecule has 3 aromatic rings. The van der Waals surface area contributed by atoms with Gasteiger partial charge >= 0.3 is 0 Å². The Labute approximate surface area is 177 Å². The number of halogens is 2. The van der Waals surface area contributed by atoms with E-state index in [4.69, 9.17) is 17.0 Å². The number of nitrogens with one attached hydrogen (secondary N) is 3. The van der Waals surface area contributed by atoms with E-state index in [9.17, 15) is 9.18 Å². The van der Waals surface area contributed by atoms with Crippen LogP contribution in [0.1, 0.15) is 40.1 Å². The van der Waals surface area contributed by atoms with Gasteiger partial charge in [-0.25, -0.2) is 19.3 Å². The molecular formula is C21H18ClFN6O. The van der Waals surface area contributed by atoms with Crippen LogP contribution in [0.2, 0.25) is 5.02 Å². The van der Waals surface area contributed by atoms with Crippen LogP contribution in [-0.4, -0.2) is 26.7 Å². The lowest BCUT2D eigenvalue weighted by atomic mass is 9.82. The lowest BCUT2D eigenvalue weighted by molar-refractivity contribution is 0.102. The van der Waals surface area contributed by atoms with Crippen molar-refractivity contribution in [2.45, 2.75) is 25.8 Å². The molecule has 152 valence electrons. The van der Waals surface area contributed by atoms with Crippen LogP contribution in [0.15, 0.2) is 42.7 Å². The number of anilines is 1. The van der Waals surface area contributed by atoms with Crippen LogP contribution in [-0.2, 0) is 12.0 Å². The fourth-order valence-corrected chi connectivity index (χ4v) is 3.59. The van der Waals surface area contributed by atoms with Gasteiger partial charge in [-0.3, -0.25) is 10.2 Å². The van der Waals surface area contributed by atoms with Crippen molar-refractivity contribution in [2.24, 2.45) is 0 Å². The summed E-state index contributed by atoms with van der Waals surface area (Å²) < 4.78 is 14.8. The summed E-state index contributed by atoms with van der Waals surface area (Å²) in [6.45, 7) is 3.57. The van der Waals surface area contributed by atoms with Gasteiger partial charge in [0.25, 0.3) is 5.91 Å². The van der Waals surface area contributed by atoms with Gasteiger partial charge in [-0.15, -0.1) is 0 Å². The highest BCUT2D eigenvalue weighted by Crippen LogP contribution is 2.33. The number of hydrogen-bond donors (Lipinski definition) is 3. The van der Waals surface area contributed by atoms with Gasteiger partial charge in [0.2, 0.25) is 0 Å². The number of amidine groups is 1. The van der Waals surface area contributed by atoms with E-state index < -0.39 is 17.3 Å². The van der Waals surface area contributed by atoms with Crippen molar-refractivity contribution < 1.29 is 9.18 Å². The number of amides is 1. The maximum atomic E-state index is 14.8. The predicted molar refractivity (Wildman–Crippen MR) is 111 cm³/mol. The van der Waals surface area contributed by atoms with Gasteiger partial charge in [0.1, 0.15) is 23.2 Å². The van der Waals surface area contributed by atoms with Crippen LogP contribution in [0.4, 0.5) is 10.1 Å². The predicted octanol–water partition coefficient (Wildman–Crippen LogP) is 3.61. The van der Waals surface area contributed by atoms with Crippen molar-refractivity contribution in [2.75, 3.05) is 5.32 Å². The van der Waals surface area contributed by atoms with E-state index in [0.717, 1.165) is 0 Å². The quantitative estimate of drug-likeness (QED) is 0.595. The molecule has 0 bridgehead atoms. The van der Waals surface area contributed by atoms with Crippen LogP contribution in [0, 0.1) is 18.2 Å².